The minimum absolute atomic E-state index is 0.119. The minimum atomic E-state index is -3.71. The van der Waals surface area contributed by atoms with Crippen LogP contribution in [0.4, 0.5) is 11.5 Å². The third kappa shape index (κ3) is 4.65. The highest BCUT2D eigenvalue weighted by Gasteiger charge is 2.21. The third-order valence-corrected chi connectivity index (χ3v) is 6.38. The number of anilines is 2. The molecule has 3 rings (SSSR count). The number of hydrogen-bond acceptors (Lipinski definition) is 4. The standard InChI is InChI=1S/C21H24N4O3S/c1-3-4-16-25-20(14-15-22-25)23-21(26)17-10-12-19(13-11-17)29(27,28)24(2)18-8-6-5-7-9-18/h5-15H,3-4,16H2,1-2H3,(H,23,26). The van der Waals surface area contributed by atoms with E-state index in [1.807, 2.05) is 6.07 Å². The maximum Gasteiger partial charge on any atom is 0.264 e. The number of rotatable bonds is 8. The normalized spacial score (nSPS) is 11.2. The summed E-state index contributed by atoms with van der Waals surface area (Å²) in [6.07, 6.45) is 3.63. The largest absolute Gasteiger partial charge is 0.307 e. The average Bonchev–Trinajstić information content (AvgIpc) is 3.19. The van der Waals surface area contributed by atoms with Gasteiger partial charge in [-0.2, -0.15) is 5.10 Å². The summed E-state index contributed by atoms with van der Waals surface area (Å²) in [5, 5.41) is 7.04. The van der Waals surface area contributed by atoms with Crippen LogP contribution >= 0.6 is 0 Å². The molecule has 8 heteroatoms. The van der Waals surface area contributed by atoms with E-state index in [-0.39, 0.29) is 10.8 Å². The van der Waals surface area contributed by atoms with Crippen molar-refractivity contribution in [3.05, 3.63) is 72.4 Å². The molecule has 0 fully saturated rings. The predicted octanol–water partition coefficient (Wildman–Crippen LogP) is 3.76. The molecule has 0 saturated heterocycles. The zero-order chi connectivity index (χ0) is 20.9. The number of carbonyl (C=O) groups is 1. The van der Waals surface area contributed by atoms with E-state index in [9.17, 15) is 13.2 Å². The molecule has 0 aliphatic heterocycles. The number of amides is 1. The highest BCUT2D eigenvalue weighted by Crippen LogP contribution is 2.22. The van der Waals surface area contributed by atoms with E-state index in [1.54, 1.807) is 41.2 Å². The van der Waals surface area contributed by atoms with E-state index >= 15 is 0 Å². The highest BCUT2D eigenvalue weighted by atomic mass is 32.2. The van der Waals surface area contributed by atoms with Crippen molar-refractivity contribution in [1.82, 2.24) is 9.78 Å². The van der Waals surface area contributed by atoms with Crippen molar-refractivity contribution in [2.45, 2.75) is 31.2 Å². The van der Waals surface area contributed by atoms with Crippen molar-refractivity contribution in [2.24, 2.45) is 0 Å². The molecule has 1 amide bonds. The average molecular weight is 413 g/mol. The van der Waals surface area contributed by atoms with Crippen LogP contribution in [-0.4, -0.2) is 31.2 Å². The summed E-state index contributed by atoms with van der Waals surface area (Å²) in [6, 6.07) is 16.5. The summed E-state index contributed by atoms with van der Waals surface area (Å²) in [5.74, 6) is 0.299. The number of sulfonamides is 1. The number of hydrogen-bond donors (Lipinski definition) is 1. The molecule has 152 valence electrons. The fourth-order valence-corrected chi connectivity index (χ4v) is 4.02. The van der Waals surface area contributed by atoms with Gasteiger partial charge in [0.15, 0.2) is 0 Å². The number of aryl methyl sites for hydroxylation is 1. The van der Waals surface area contributed by atoms with Crippen molar-refractivity contribution in [2.75, 3.05) is 16.7 Å². The molecular weight excluding hydrogens is 388 g/mol. The molecule has 0 aliphatic rings. The predicted molar refractivity (Wildman–Crippen MR) is 114 cm³/mol. The van der Waals surface area contributed by atoms with Gasteiger partial charge in [-0.1, -0.05) is 31.5 Å². The molecule has 2 aromatic carbocycles. The van der Waals surface area contributed by atoms with E-state index in [2.05, 4.69) is 17.3 Å². The second-order valence-corrected chi connectivity index (χ2v) is 8.55. The van der Waals surface area contributed by atoms with E-state index in [0.29, 0.717) is 17.1 Å². The molecular formula is C21H24N4O3S. The Morgan fingerprint density at radius 1 is 1.07 bits per heavy atom. The van der Waals surface area contributed by atoms with Crippen LogP contribution in [0.25, 0.3) is 0 Å². The molecule has 29 heavy (non-hydrogen) atoms. The summed E-state index contributed by atoms with van der Waals surface area (Å²) < 4.78 is 28.6. The molecule has 0 saturated carbocycles. The maximum absolute atomic E-state index is 12.8. The Labute approximate surface area is 171 Å². The maximum atomic E-state index is 12.8. The van der Waals surface area contributed by atoms with Crippen LogP contribution in [-0.2, 0) is 16.6 Å². The fraction of sp³-hybridized carbons (Fsp3) is 0.238. The van der Waals surface area contributed by atoms with Gasteiger partial charge in [-0.05, 0) is 42.8 Å². The minimum Gasteiger partial charge on any atom is -0.307 e. The summed E-state index contributed by atoms with van der Waals surface area (Å²) in [4.78, 5) is 12.7. The van der Waals surface area contributed by atoms with Gasteiger partial charge in [0.05, 0.1) is 16.8 Å². The monoisotopic (exact) mass is 412 g/mol. The van der Waals surface area contributed by atoms with Gasteiger partial charge in [-0.3, -0.25) is 9.10 Å². The zero-order valence-corrected chi connectivity index (χ0v) is 17.3. The van der Waals surface area contributed by atoms with Crippen molar-refractivity contribution in [3.63, 3.8) is 0 Å². The van der Waals surface area contributed by atoms with Gasteiger partial charge < -0.3 is 5.32 Å². The van der Waals surface area contributed by atoms with Gasteiger partial charge in [-0.25, -0.2) is 13.1 Å². The lowest BCUT2D eigenvalue weighted by Crippen LogP contribution is -2.26. The van der Waals surface area contributed by atoms with Crippen LogP contribution in [0, 0.1) is 0 Å². The van der Waals surface area contributed by atoms with Crippen LogP contribution in [0.3, 0.4) is 0 Å². The van der Waals surface area contributed by atoms with Crippen molar-refractivity contribution >= 4 is 27.4 Å². The van der Waals surface area contributed by atoms with Crippen LogP contribution in [0.2, 0.25) is 0 Å². The summed E-state index contributed by atoms with van der Waals surface area (Å²) in [7, 11) is -2.21. The van der Waals surface area contributed by atoms with Gasteiger partial charge in [0.1, 0.15) is 5.82 Å². The Bertz CT molecular complexity index is 1060. The Balaban J connectivity index is 1.74. The smallest absolute Gasteiger partial charge is 0.264 e. The Kier molecular flexibility index (Phi) is 6.33. The molecule has 7 nitrogen and oxygen atoms in total. The summed E-state index contributed by atoms with van der Waals surface area (Å²) in [6.45, 7) is 2.81. The SMILES string of the molecule is CCCCn1nccc1NC(=O)c1ccc(S(=O)(=O)N(C)c2ccccc2)cc1. The molecule has 3 aromatic rings. The van der Waals surface area contributed by atoms with Gasteiger partial charge in [-0.15, -0.1) is 0 Å². The van der Waals surface area contributed by atoms with Gasteiger partial charge in [0.25, 0.3) is 15.9 Å². The molecule has 0 unspecified atom stereocenters. The highest BCUT2D eigenvalue weighted by molar-refractivity contribution is 7.92. The number of nitrogens with zero attached hydrogens (tertiary/aromatic N) is 3. The van der Waals surface area contributed by atoms with E-state index in [0.717, 1.165) is 19.4 Å². The lowest BCUT2D eigenvalue weighted by Gasteiger charge is -2.19. The second-order valence-electron chi connectivity index (χ2n) is 6.58. The van der Waals surface area contributed by atoms with Crippen LogP contribution < -0.4 is 9.62 Å². The first kappa shape index (κ1) is 20.6. The molecule has 0 spiro atoms. The number of carbonyl (C=O) groups excluding carboxylic acids is 1. The van der Waals surface area contributed by atoms with Crippen molar-refractivity contribution in [3.8, 4) is 0 Å². The first-order valence-electron chi connectivity index (χ1n) is 9.40. The number of benzene rings is 2. The lowest BCUT2D eigenvalue weighted by atomic mass is 10.2. The third-order valence-electron chi connectivity index (χ3n) is 4.58. The van der Waals surface area contributed by atoms with Crippen LogP contribution in [0.15, 0.2) is 71.8 Å². The number of unbranched alkanes of at least 4 members (excludes halogenated alkanes) is 1. The number of para-hydroxylation sites is 1. The number of nitrogens with one attached hydrogen (secondary N) is 1. The Morgan fingerprint density at radius 2 is 1.76 bits per heavy atom. The topological polar surface area (TPSA) is 84.3 Å². The molecule has 0 aliphatic carbocycles. The van der Waals surface area contributed by atoms with E-state index in [1.165, 1.54) is 35.6 Å². The Morgan fingerprint density at radius 3 is 2.41 bits per heavy atom. The molecule has 1 N–H and O–H groups in total. The van der Waals surface area contributed by atoms with Crippen LogP contribution in [0.5, 0.6) is 0 Å². The van der Waals surface area contributed by atoms with Crippen molar-refractivity contribution in [1.29, 1.82) is 0 Å². The van der Waals surface area contributed by atoms with Gasteiger partial charge in [0.2, 0.25) is 0 Å². The summed E-state index contributed by atoms with van der Waals surface area (Å²) in [5.41, 5.74) is 0.934. The first-order chi connectivity index (χ1) is 13.9. The van der Waals surface area contributed by atoms with E-state index in [4.69, 9.17) is 0 Å². The molecule has 0 atom stereocenters. The fourth-order valence-electron chi connectivity index (χ4n) is 2.83. The van der Waals surface area contributed by atoms with Crippen LogP contribution in [0.1, 0.15) is 30.1 Å². The second kappa shape index (κ2) is 8.91. The number of aromatic nitrogens is 2. The Hall–Kier alpha value is -3.13. The lowest BCUT2D eigenvalue weighted by molar-refractivity contribution is 0.102. The quantitative estimate of drug-likeness (QED) is 0.610. The van der Waals surface area contributed by atoms with Gasteiger partial charge >= 0.3 is 0 Å². The summed E-state index contributed by atoms with van der Waals surface area (Å²) >= 11 is 0. The molecule has 0 bridgehead atoms. The molecule has 1 heterocycles. The first-order valence-corrected chi connectivity index (χ1v) is 10.8. The molecule has 1 aromatic heterocycles. The van der Waals surface area contributed by atoms with E-state index < -0.39 is 10.0 Å². The molecule has 0 radical (unpaired) electrons. The van der Waals surface area contributed by atoms with Gasteiger partial charge in [0, 0.05) is 25.2 Å². The zero-order valence-electron chi connectivity index (χ0n) is 16.4. The van der Waals surface area contributed by atoms with Crippen molar-refractivity contribution < 1.29 is 13.2 Å².